The molecule has 1 unspecified atom stereocenters. The van der Waals surface area contributed by atoms with E-state index in [1.54, 1.807) is 4.90 Å². The highest BCUT2D eigenvalue weighted by molar-refractivity contribution is 6.19. The summed E-state index contributed by atoms with van der Waals surface area (Å²) in [7, 11) is 0. The van der Waals surface area contributed by atoms with E-state index in [1.807, 2.05) is 0 Å². The zero-order chi connectivity index (χ0) is 12.0. The van der Waals surface area contributed by atoms with Crippen LogP contribution in [0.4, 0.5) is 4.79 Å². The smallest absolute Gasteiger partial charge is 0.324 e. The summed E-state index contributed by atoms with van der Waals surface area (Å²) in [5.74, 6) is 0.526. The predicted octanol–water partition coefficient (Wildman–Crippen LogP) is 1.97. The van der Waals surface area contributed by atoms with E-state index in [0.29, 0.717) is 5.92 Å². The zero-order valence-electron chi connectivity index (χ0n) is 9.67. The van der Waals surface area contributed by atoms with Crippen LogP contribution in [0.3, 0.4) is 0 Å². The van der Waals surface area contributed by atoms with Crippen LogP contribution in [0.2, 0.25) is 0 Å². The molecule has 1 atom stereocenters. The lowest BCUT2D eigenvalue weighted by Crippen LogP contribution is -2.47. The Labute approximate surface area is 101 Å². The fraction of sp³-hybridized carbons (Fsp3) is 0.818. The molecule has 1 aliphatic rings. The Bertz CT molecular complexity index is 258. The van der Waals surface area contributed by atoms with Gasteiger partial charge in [0.2, 0.25) is 5.91 Å². The van der Waals surface area contributed by atoms with E-state index in [9.17, 15) is 9.59 Å². The highest BCUT2D eigenvalue weighted by atomic mass is 35.5. The second-order valence-electron chi connectivity index (χ2n) is 4.15. The quantitative estimate of drug-likeness (QED) is 0.774. The number of piperidine rings is 1. The van der Waals surface area contributed by atoms with Gasteiger partial charge in [-0.05, 0) is 18.8 Å². The number of amides is 3. The van der Waals surface area contributed by atoms with Crippen LogP contribution >= 0.6 is 11.6 Å². The number of hydrogen-bond donors (Lipinski definition) is 1. The Balaban J connectivity index is 2.38. The first-order valence-corrected chi connectivity index (χ1v) is 6.35. The normalized spacial score (nSPS) is 20.6. The van der Waals surface area contributed by atoms with Crippen LogP contribution in [0.25, 0.3) is 0 Å². The number of likely N-dealkylation sites (tertiary alicyclic amines) is 1. The van der Waals surface area contributed by atoms with Gasteiger partial charge in [0, 0.05) is 25.4 Å². The van der Waals surface area contributed by atoms with Crippen molar-refractivity contribution in [1.82, 2.24) is 10.2 Å². The summed E-state index contributed by atoms with van der Waals surface area (Å²) in [6, 6.07) is -0.270. The number of hydrogen-bond acceptors (Lipinski definition) is 2. The number of nitrogens with zero attached hydrogens (tertiary/aromatic N) is 1. The van der Waals surface area contributed by atoms with Crippen LogP contribution < -0.4 is 5.32 Å². The highest BCUT2D eigenvalue weighted by Gasteiger charge is 2.23. The first-order valence-electron chi connectivity index (χ1n) is 5.82. The summed E-state index contributed by atoms with van der Waals surface area (Å²) in [5.41, 5.74) is 0. The molecule has 1 rings (SSSR count). The third kappa shape index (κ3) is 4.00. The monoisotopic (exact) mass is 246 g/mol. The fourth-order valence-electron chi connectivity index (χ4n) is 1.93. The van der Waals surface area contributed by atoms with Crippen molar-refractivity contribution >= 4 is 23.5 Å². The van der Waals surface area contributed by atoms with E-state index < -0.39 is 0 Å². The minimum Gasteiger partial charge on any atom is -0.324 e. The summed E-state index contributed by atoms with van der Waals surface area (Å²) in [5, 5.41) is 2.36. The molecule has 92 valence electrons. The van der Waals surface area contributed by atoms with Gasteiger partial charge < -0.3 is 4.90 Å². The van der Waals surface area contributed by atoms with Gasteiger partial charge in [-0.3, -0.25) is 10.1 Å². The molecule has 0 aromatic heterocycles. The van der Waals surface area contributed by atoms with Crippen LogP contribution in [0.1, 0.15) is 32.6 Å². The Morgan fingerprint density at radius 2 is 2.25 bits per heavy atom. The molecule has 1 N–H and O–H groups in total. The Kier molecular flexibility index (Phi) is 5.60. The Hall–Kier alpha value is -0.770. The lowest BCUT2D eigenvalue weighted by Gasteiger charge is -2.32. The summed E-state index contributed by atoms with van der Waals surface area (Å²) in [6.45, 7) is 3.64. The average Bonchev–Trinajstić information content (AvgIpc) is 2.29. The number of carbonyl (C=O) groups is 2. The molecule has 3 amide bonds. The highest BCUT2D eigenvalue weighted by Crippen LogP contribution is 2.18. The average molecular weight is 247 g/mol. The van der Waals surface area contributed by atoms with Gasteiger partial charge in [0.15, 0.2) is 0 Å². The van der Waals surface area contributed by atoms with Crippen molar-refractivity contribution in [3.63, 3.8) is 0 Å². The molecule has 0 aliphatic carbocycles. The summed E-state index contributed by atoms with van der Waals surface area (Å²) in [4.78, 5) is 24.6. The van der Waals surface area contributed by atoms with Crippen LogP contribution in [0, 0.1) is 5.92 Å². The number of urea groups is 1. The molecule has 0 saturated carbocycles. The maximum absolute atomic E-state index is 11.7. The molecule has 1 aliphatic heterocycles. The van der Waals surface area contributed by atoms with E-state index in [1.165, 1.54) is 6.42 Å². The molecule has 0 radical (unpaired) electrons. The standard InChI is InChI=1S/C11H19ClN2O2/c1-2-9-4-3-7-14(8-9)11(16)13-10(15)5-6-12/h9H,2-8H2,1H3,(H,13,15,16). The molecular weight excluding hydrogens is 228 g/mol. The summed E-state index contributed by atoms with van der Waals surface area (Å²) < 4.78 is 0. The molecule has 16 heavy (non-hydrogen) atoms. The van der Waals surface area contributed by atoms with E-state index in [-0.39, 0.29) is 24.2 Å². The largest absolute Gasteiger partial charge is 0.324 e. The van der Waals surface area contributed by atoms with E-state index in [4.69, 9.17) is 11.6 Å². The lowest BCUT2D eigenvalue weighted by atomic mass is 9.96. The fourth-order valence-corrected chi connectivity index (χ4v) is 2.10. The van der Waals surface area contributed by atoms with Crippen molar-refractivity contribution in [1.29, 1.82) is 0 Å². The van der Waals surface area contributed by atoms with Crippen LogP contribution in [0.5, 0.6) is 0 Å². The van der Waals surface area contributed by atoms with Gasteiger partial charge in [0.05, 0.1) is 0 Å². The second-order valence-corrected chi connectivity index (χ2v) is 4.53. The van der Waals surface area contributed by atoms with Crippen LogP contribution in [-0.4, -0.2) is 35.8 Å². The minimum absolute atomic E-state index is 0.193. The number of carbonyl (C=O) groups excluding carboxylic acids is 2. The lowest BCUT2D eigenvalue weighted by molar-refractivity contribution is -0.119. The third-order valence-corrected chi connectivity index (χ3v) is 3.14. The molecule has 4 nitrogen and oxygen atoms in total. The zero-order valence-corrected chi connectivity index (χ0v) is 10.4. The molecule has 0 bridgehead atoms. The van der Waals surface area contributed by atoms with Crippen molar-refractivity contribution in [2.24, 2.45) is 5.92 Å². The van der Waals surface area contributed by atoms with E-state index in [2.05, 4.69) is 12.2 Å². The minimum atomic E-state index is -0.293. The Morgan fingerprint density at radius 3 is 2.88 bits per heavy atom. The topological polar surface area (TPSA) is 49.4 Å². The number of alkyl halides is 1. The molecule has 5 heteroatoms. The third-order valence-electron chi connectivity index (χ3n) is 2.95. The molecule has 0 aromatic carbocycles. The van der Waals surface area contributed by atoms with Gasteiger partial charge in [-0.25, -0.2) is 4.79 Å². The summed E-state index contributed by atoms with van der Waals surface area (Å²) in [6.07, 6.45) is 3.48. The predicted molar refractivity (Wildman–Crippen MR) is 63.5 cm³/mol. The van der Waals surface area contributed by atoms with Crippen molar-refractivity contribution in [2.75, 3.05) is 19.0 Å². The maximum Gasteiger partial charge on any atom is 0.324 e. The van der Waals surface area contributed by atoms with Crippen molar-refractivity contribution in [3.8, 4) is 0 Å². The van der Waals surface area contributed by atoms with Crippen LogP contribution in [-0.2, 0) is 4.79 Å². The van der Waals surface area contributed by atoms with Gasteiger partial charge in [-0.1, -0.05) is 13.3 Å². The number of nitrogens with one attached hydrogen (secondary N) is 1. The molecule has 1 fully saturated rings. The van der Waals surface area contributed by atoms with Gasteiger partial charge in [0.1, 0.15) is 0 Å². The maximum atomic E-state index is 11.7. The van der Waals surface area contributed by atoms with Gasteiger partial charge >= 0.3 is 6.03 Å². The SMILES string of the molecule is CCC1CCCN(C(=O)NC(=O)CCCl)C1. The molecule has 0 spiro atoms. The van der Waals surface area contributed by atoms with Crippen molar-refractivity contribution in [3.05, 3.63) is 0 Å². The molecule has 1 saturated heterocycles. The Morgan fingerprint density at radius 1 is 1.50 bits per heavy atom. The van der Waals surface area contributed by atoms with Gasteiger partial charge in [-0.2, -0.15) is 0 Å². The van der Waals surface area contributed by atoms with Gasteiger partial charge in [-0.15, -0.1) is 11.6 Å². The number of rotatable bonds is 3. The number of halogens is 1. The molecular formula is C11H19ClN2O2. The summed E-state index contributed by atoms with van der Waals surface area (Å²) >= 11 is 5.43. The first-order chi connectivity index (χ1) is 7.67. The number of imide groups is 1. The molecule has 1 heterocycles. The van der Waals surface area contributed by atoms with Crippen LogP contribution in [0.15, 0.2) is 0 Å². The van der Waals surface area contributed by atoms with Crippen molar-refractivity contribution in [2.45, 2.75) is 32.6 Å². The van der Waals surface area contributed by atoms with Crippen molar-refractivity contribution < 1.29 is 9.59 Å². The molecule has 0 aromatic rings. The van der Waals surface area contributed by atoms with E-state index in [0.717, 1.165) is 25.9 Å². The second kappa shape index (κ2) is 6.74. The van der Waals surface area contributed by atoms with E-state index >= 15 is 0 Å². The first kappa shape index (κ1) is 13.3. The van der Waals surface area contributed by atoms with Gasteiger partial charge in [0.25, 0.3) is 0 Å².